The number of carbonyl (C=O) groups excluding carboxylic acids is 1. The molecule has 0 saturated heterocycles. The summed E-state index contributed by atoms with van der Waals surface area (Å²) < 4.78 is 0. The second-order valence-electron chi connectivity index (χ2n) is 1.67. The average molecular weight is 121 g/mol. The molecule has 0 aliphatic heterocycles. The van der Waals surface area contributed by atoms with Crippen molar-refractivity contribution in [1.29, 1.82) is 0 Å². The quantitative estimate of drug-likeness (QED) is 0.504. The summed E-state index contributed by atoms with van der Waals surface area (Å²) >= 11 is 5.33. The predicted molar refractivity (Wildman–Crippen MR) is 30.6 cm³/mol. The van der Waals surface area contributed by atoms with Gasteiger partial charge in [-0.2, -0.15) is 0 Å². The van der Waals surface area contributed by atoms with E-state index in [1.54, 1.807) is 6.92 Å². The van der Waals surface area contributed by atoms with Crippen molar-refractivity contribution in [2.45, 2.75) is 13.8 Å². The van der Waals surface area contributed by atoms with E-state index in [2.05, 4.69) is 0 Å². The minimum atomic E-state index is 0.0293. The van der Waals surface area contributed by atoms with E-state index in [4.69, 9.17) is 11.6 Å². The molecular formula is C5H9ClO. The van der Waals surface area contributed by atoms with Gasteiger partial charge in [0.25, 0.3) is 0 Å². The lowest BCUT2D eigenvalue weighted by Gasteiger charge is -1.96. The minimum Gasteiger partial charge on any atom is -0.300 e. The summed E-state index contributed by atoms with van der Waals surface area (Å²) in [6.07, 6.45) is 0. The maximum atomic E-state index is 10.3. The lowest BCUT2D eigenvalue weighted by atomic mass is 10.1. The summed E-state index contributed by atoms with van der Waals surface area (Å²) in [6.45, 7) is 3.36. The van der Waals surface area contributed by atoms with Crippen LogP contribution in [0.3, 0.4) is 0 Å². The largest absolute Gasteiger partial charge is 0.300 e. The molecule has 0 aromatic heterocycles. The van der Waals surface area contributed by atoms with Crippen LogP contribution in [0.2, 0.25) is 0 Å². The number of Topliss-reactive ketones (excluding diaryl/α,β-unsaturated/α-hetero) is 1. The van der Waals surface area contributed by atoms with Crippen molar-refractivity contribution in [3.05, 3.63) is 0 Å². The first-order chi connectivity index (χ1) is 3.18. The molecule has 7 heavy (non-hydrogen) atoms. The minimum absolute atomic E-state index is 0.0293. The monoisotopic (exact) mass is 120 g/mol. The molecule has 0 aliphatic carbocycles. The van der Waals surface area contributed by atoms with Crippen LogP contribution in [0.1, 0.15) is 13.8 Å². The smallest absolute Gasteiger partial charge is 0.133 e. The molecule has 0 radical (unpaired) electrons. The topological polar surface area (TPSA) is 17.1 Å². The van der Waals surface area contributed by atoms with Gasteiger partial charge >= 0.3 is 0 Å². The summed E-state index contributed by atoms with van der Waals surface area (Å²) in [5.41, 5.74) is 0. The molecule has 0 heterocycles. The van der Waals surface area contributed by atoms with Crippen molar-refractivity contribution >= 4 is 17.4 Å². The fraction of sp³-hybridized carbons (Fsp3) is 0.800. The Morgan fingerprint density at radius 3 is 2.29 bits per heavy atom. The van der Waals surface area contributed by atoms with Crippen LogP contribution >= 0.6 is 11.6 Å². The Morgan fingerprint density at radius 1 is 1.86 bits per heavy atom. The molecule has 42 valence electrons. The van der Waals surface area contributed by atoms with E-state index in [9.17, 15) is 4.79 Å². The molecule has 2 heteroatoms. The Labute approximate surface area is 48.7 Å². The normalized spacial score (nSPS) is 13.6. The number of hydrogen-bond donors (Lipinski definition) is 0. The Kier molecular flexibility index (Phi) is 3.01. The maximum absolute atomic E-state index is 10.3. The van der Waals surface area contributed by atoms with Crippen molar-refractivity contribution in [1.82, 2.24) is 0 Å². The van der Waals surface area contributed by atoms with Gasteiger partial charge in [-0.1, -0.05) is 6.92 Å². The number of carbonyl (C=O) groups is 1. The number of halogens is 1. The van der Waals surface area contributed by atoms with E-state index in [0.717, 1.165) is 0 Å². The zero-order chi connectivity index (χ0) is 5.86. The summed E-state index contributed by atoms with van der Waals surface area (Å²) in [7, 11) is 0. The molecule has 1 nitrogen and oxygen atoms in total. The summed E-state index contributed by atoms with van der Waals surface area (Å²) in [5.74, 6) is 0.631. The molecule has 0 aliphatic rings. The second-order valence-corrected chi connectivity index (χ2v) is 1.97. The summed E-state index contributed by atoms with van der Waals surface area (Å²) in [5, 5.41) is 0. The van der Waals surface area contributed by atoms with Crippen LogP contribution in [0.25, 0.3) is 0 Å². The third-order valence-corrected chi connectivity index (χ3v) is 1.39. The Balaban J connectivity index is 3.34. The average Bonchev–Trinajstić information content (AvgIpc) is 1.65. The molecule has 1 atom stereocenters. The first-order valence-electron chi connectivity index (χ1n) is 2.25. The zero-order valence-electron chi connectivity index (χ0n) is 4.57. The molecule has 0 fully saturated rings. The van der Waals surface area contributed by atoms with Crippen LogP contribution in [0.4, 0.5) is 0 Å². The van der Waals surface area contributed by atoms with Gasteiger partial charge in [0.05, 0.1) is 0 Å². The lowest BCUT2D eigenvalue weighted by Crippen LogP contribution is -2.06. The standard InChI is InChI=1S/C5H9ClO/c1-4(3-6)5(2)7/h4H,3H2,1-2H3. The van der Waals surface area contributed by atoms with Gasteiger partial charge in [-0.25, -0.2) is 0 Å². The van der Waals surface area contributed by atoms with E-state index in [1.165, 1.54) is 0 Å². The number of alkyl halides is 1. The third kappa shape index (κ3) is 2.63. The van der Waals surface area contributed by atoms with Crippen molar-refractivity contribution in [3.8, 4) is 0 Å². The molecule has 0 N–H and O–H groups in total. The Morgan fingerprint density at radius 2 is 2.29 bits per heavy atom. The van der Waals surface area contributed by atoms with Gasteiger partial charge in [0, 0.05) is 11.8 Å². The zero-order valence-corrected chi connectivity index (χ0v) is 5.33. The van der Waals surface area contributed by atoms with Crippen LogP contribution < -0.4 is 0 Å². The molecule has 0 aromatic rings. The van der Waals surface area contributed by atoms with Crippen molar-refractivity contribution in [2.75, 3.05) is 5.88 Å². The van der Waals surface area contributed by atoms with Crippen molar-refractivity contribution < 1.29 is 4.79 Å². The van der Waals surface area contributed by atoms with E-state index < -0.39 is 0 Å². The van der Waals surface area contributed by atoms with Gasteiger partial charge in [0.2, 0.25) is 0 Å². The number of rotatable bonds is 2. The third-order valence-electron chi connectivity index (χ3n) is 0.925. The highest BCUT2D eigenvalue weighted by molar-refractivity contribution is 6.19. The van der Waals surface area contributed by atoms with Gasteiger partial charge in [-0.05, 0) is 6.92 Å². The molecule has 0 rings (SSSR count). The van der Waals surface area contributed by atoms with Crippen LogP contribution in [0.5, 0.6) is 0 Å². The highest BCUT2D eigenvalue weighted by atomic mass is 35.5. The predicted octanol–water partition coefficient (Wildman–Crippen LogP) is 1.45. The van der Waals surface area contributed by atoms with Crippen LogP contribution in [-0.4, -0.2) is 11.7 Å². The summed E-state index contributed by atoms with van der Waals surface area (Å²) in [6, 6.07) is 0. The first-order valence-corrected chi connectivity index (χ1v) is 2.78. The maximum Gasteiger partial charge on any atom is 0.133 e. The van der Waals surface area contributed by atoms with Gasteiger partial charge in [0.1, 0.15) is 5.78 Å². The van der Waals surface area contributed by atoms with Crippen molar-refractivity contribution in [3.63, 3.8) is 0 Å². The first kappa shape index (κ1) is 6.96. The SMILES string of the molecule is CC(=O)C(C)CCl. The van der Waals surface area contributed by atoms with Crippen LogP contribution in [-0.2, 0) is 4.79 Å². The Hall–Kier alpha value is -0.0400. The fourth-order valence-electron chi connectivity index (χ4n) is 0.109. The van der Waals surface area contributed by atoms with E-state index in [1.807, 2.05) is 6.92 Å². The van der Waals surface area contributed by atoms with Crippen molar-refractivity contribution in [2.24, 2.45) is 5.92 Å². The molecule has 0 aromatic carbocycles. The number of hydrogen-bond acceptors (Lipinski definition) is 1. The molecule has 0 spiro atoms. The van der Waals surface area contributed by atoms with E-state index in [-0.39, 0.29) is 11.7 Å². The Bertz CT molecular complexity index is 70.5. The van der Waals surface area contributed by atoms with E-state index >= 15 is 0 Å². The highest BCUT2D eigenvalue weighted by Gasteiger charge is 2.02. The molecule has 0 bridgehead atoms. The molecular weight excluding hydrogens is 112 g/mol. The highest BCUT2D eigenvalue weighted by Crippen LogP contribution is 1.97. The fourth-order valence-corrected chi connectivity index (χ4v) is 0.326. The van der Waals surface area contributed by atoms with Gasteiger partial charge in [-0.3, -0.25) is 4.79 Å². The molecule has 1 unspecified atom stereocenters. The molecule has 0 saturated carbocycles. The molecule has 0 amide bonds. The van der Waals surface area contributed by atoms with Crippen LogP contribution in [0.15, 0.2) is 0 Å². The summed E-state index contributed by atoms with van der Waals surface area (Å²) in [4.78, 5) is 10.3. The second kappa shape index (κ2) is 3.03. The lowest BCUT2D eigenvalue weighted by molar-refractivity contribution is -0.119. The van der Waals surface area contributed by atoms with Gasteiger partial charge in [-0.15, -0.1) is 11.6 Å². The number of ketones is 1. The van der Waals surface area contributed by atoms with Gasteiger partial charge in [0.15, 0.2) is 0 Å². The van der Waals surface area contributed by atoms with E-state index in [0.29, 0.717) is 5.88 Å². The van der Waals surface area contributed by atoms with Crippen LogP contribution in [0, 0.1) is 5.92 Å². The van der Waals surface area contributed by atoms with Gasteiger partial charge < -0.3 is 0 Å².